The second kappa shape index (κ2) is 2.98. The molecule has 1 aliphatic rings. The van der Waals surface area contributed by atoms with Crippen LogP contribution in [0.4, 0.5) is 0 Å². The van der Waals surface area contributed by atoms with Crippen molar-refractivity contribution in [3.8, 4) is 0 Å². The fraction of sp³-hybridized carbons (Fsp3) is 0.400. The van der Waals surface area contributed by atoms with E-state index in [0.717, 1.165) is 5.56 Å². The number of hydrogen-bond donors (Lipinski definition) is 2. The quantitative estimate of drug-likeness (QED) is 0.719. The molecule has 0 heterocycles. The van der Waals surface area contributed by atoms with E-state index in [9.17, 15) is 5.11 Å². The monoisotopic (exact) mass is 197 g/mol. The summed E-state index contributed by atoms with van der Waals surface area (Å²) in [7, 11) is 0. The molecule has 0 amide bonds. The van der Waals surface area contributed by atoms with E-state index < -0.39 is 5.60 Å². The van der Waals surface area contributed by atoms with Gasteiger partial charge in [-0.2, -0.15) is 0 Å². The van der Waals surface area contributed by atoms with Crippen molar-refractivity contribution in [2.45, 2.75) is 24.5 Å². The standard InChI is InChI=1S/C10H12ClNO/c11-8-3-1-7(2-4-8)10(13)5-9(12)6-10/h1-4,9,13H,5-6,12H2. The van der Waals surface area contributed by atoms with Crippen LogP contribution in [0.5, 0.6) is 0 Å². The first-order valence-electron chi connectivity index (χ1n) is 4.34. The van der Waals surface area contributed by atoms with Gasteiger partial charge in [-0.05, 0) is 30.5 Å². The maximum atomic E-state index is 10.0. The number of hydrogen-bond acceptors (Lipinski definition) is 2. The zero-order chi connectivity index (χ0) is 9.47. The molecule has 3 heteroatoms. The Balaban J connectivity index is 2.22. The fourth-order valence-electron chi connectivity index (χ4n) is 1.80. The summed E-state index contributed by atoms with van der Waals surface area (Å²) in [5.41, 5.74) is 5.85. The molecule has 1 aliphatic carbocycles. The van der Waals surface area contributed by atoms with Crippen LogP contribution in [-0.4, -0.2) is 11.1 Å². The molecule has 0 bridgehead atoms. The average Bonchev–Trinajstić information content (AvgIpc) is 2.03. The van der Waals surface area contributed by atoms with Gasteiger partial charge in [0, 0.05) is 11.1 Å². The topological polar surface area (TPSA) is 46.2 Å². The summed E-state index contributed by atoms with van der Waals surface area (Å²) in [5, 5.41) is 10.7. The number of aliphatic hydroxyl groups is 1. The first-order chi connectivity index (χ1) is 6.10. The first kappa shape index (κ1) is 9.00. The van der Waals surface area contributed by atoms with Crippen LogP contribution >= 0.6 is 11.6 Å². The largest absolute Gasteiger partial charge is 0.385 e. The van der Waals surface area contributed by atoms with Crippen LogP contribution in [0.3, 0.4) is 0 Å². The molecule has 2 nitrogen and oxygen atoms in total. The van der Waals surface area contributed by atoms with E-state index in [1.807, 2.05) is 12.1 Å². The highest BCUT2D eigenvalue weighted by Gasteiger charge is 2.41. The van der Waals surface area contributed by atoms with Gasteiger partial charge in [-0.25, -0.2) is 0 Å². The third kappa shape index (κ3) is 1.57. The molecule has 0 atom stereocenters. The van der Waals surface area contributed by atoms with Gasteiger partial charge in [0.15, 0.2) is 0 Å². The van der Waals surface area contributed by atoms with Gasteiger partial charge in [-0.3, -0.25) is 0 Å². The molecule has 0 saturated heterocycles. The van der Waals surface area contributed by atoms with Crippen LogP contribution in [0.25, 0.3) is 0 Å². The van der Waals surface area contributed by atoms with Crippen molar-refractivity contribution in [3.63, 3.8) is 0 Å². The maximum absolute atomic E-state index is 10.0. The van der Waals surface area contributed by atoms with Crippen LogP contribution in [0.2, 0.25) is 5.02 Å². The van der Waals surface area contributed by atoms with E-state index in [-0.39, 0.29) is 6.04 Å². The summed E-state index contributed by atoms with van der Waals surface area (Å²) in [6.07, 6.45) is 1.29. The summed E-state index contributed by atoms with van der Waals surface area (Å²) in [6, 6.07) is 7.43. The van der Waals surface area contributed by atoms with Crippen LogP contribution in [0, 0.1) is 0 Å². The average molecular weight is 198 g/mol. The molecule has 1 fully saturated rings. The minimum atomic E-state index is -0.704. The van der Waals surface area contributed by atoms with Crippen LogP contribution in [-0.2, 0) is 5.60 Å². The molecule has 1 aromatic rings. The molecule has 0 unspecified atom stereocenters. The third-order valence-corrected chi connectivity index (χ3v) is 2.83. The number of nitrogens with two attached hydrogens (primary N) is 1. The van der Waals surface area contributed by atoms with Crippen molar-refractivity contribution in [2.24, 2.45) is 5.73 Å². The number of benzene rings is 1. The summed E-state index contributed by atoms with van der Waals surface area (Å²) >= 11 is 5.75. The van der Waals surface area contributed by atoms with E-state index in [1.54, 1.807) is 12.1 Å². The minimum Gasteiger partial charge on any atom is -0.385 e. The Labute approximate surface area is 82.3 Å². The van der Waals surface area contributed by atoms with Gasteiger partial charge in [-0.15, -0.1) is 0 Å². The minimum absolute atomic E-state index is 0.140. The lowest BCUT2D eigenvalue weighted by atomic mass is 9.72. The summed E-state index contributed by atoms with van der Waals surface area (Å²) in [6.45, 7) is 0. The third-order valence-electron chi connectivity index (χ3n) is 2.58. The molecular weight excluding hydrogens is 186 g/mol. The van der Waals surface area contributed by atoms with Crippen molar-refractivity contribution >= 4 is 11.6 Å². The molecule has 1 aromatic carbocycles. The number of halogens is 1. The van der Waals surface area contributed by atoms with Gasteiger partial charge >= 0.3 is 0 Å². The molecule has 2 rings (SSSR count). The van der Waals surface area contributed by atoms with Crippen molar-refractivity contribution in [3.05, 3.63) is 34.9 Å². The second-order valence-electron chi connectivity index (χ2n) is 3.71. The Morgan fingerprint density at radius 2 is 1.85 bits per heavy atom. The van der Waals surface area contributed by atoms with Gasteiger partial charge in [-0.1, -0.05) is 23.7 Å². The Morgan fingerprint density at radius 1 is 1.31 bits per heavy atom. The SMILES string of the molecule is NC1CC(O)(c2ccc(Cl)cc2)C1. The predicted molar refractivity (Wildman–Crippen MR) is 52.6 cm³/mol. The Bertz CT molecular complexity index is 303. The highest BCUT2D eigenvalue weighted by molar-refractivity contribution is 6.30. The molecule has 0 aliphatic heterocycles. The first-order valence-corrected chi connectivity index (χ1v) is 4.72. The zero-order valence-electron chi connectivity index (χ0n) is 7.20. The zero-order valence-corrected chi connectivity index (χ0v) is 7.96. The lowest BCUT2D eigenvalue weighted by molar-refractivity contribution is -0.0522. The molecule has 0 aromatic heterocycles. The molecule has 0 radical (unpaired) electrons. The highest BCUT2D eigenvalue weighted by atomic mass is 35.5. The van der Waals surface area contributed by atoms with Gasteiger partial charge < -0.3 is 10.8 Å². The van der Waals surface area contributed by atoms with Crippen molar-refractivity contribution in [1.29, 1.82) is 0 Å². The molecule has 0 spiro atoms. The van der Waals surface area contributed by atoms with Crippen molar-refractivity contribution < 1.29 is 5.11 Å². The van der Waals surface area contributed by atoms with E-state index in [0.29, 0.717) is 17.9 Å². The van der Waals surface area contributed by atoms with Gasteiger partial charge in [0.05, 0.1) is 5.60 Å². The van der Waals surface area contributed by atoms with Gasteiger partial charge in [0.1, 0.15) is 0 Å². The smallest absolute Gasteiger partial charge is 0.0926 e. The normalized spacial score (nSPS) is 32.7. The van der Waals surface area contributed by atoms with Gasteiger partial charge in [0.25, 0.3) is 0 Å². The number of rotatable bonds is 1. The van der Waals surface area contributed by atoms with E-state index >= 15 is 0 Å². The van der Waals surface area contributed by atoms with E-state index in [2.05, 4.69) is 0 Å². The molecular formula is C10H12ClNO. The maximum Gasteiger partial charge on any atom is 0.0926 e. The Morgan fingerprint density at radius 3 is 2.31 bits per heavy atom. The summed E-state index contributed by atoms with van der Waals surface area (Å²) < 4.78 is 0. The molecule has 70 valence electrons. The Kier molecular flexibility index (Phi) is 2.06. The second-order valence-corrected chi connectivity index (χ2v) is 4.14. The van der Waals surface area contributed by atoms with Crippen LogP contribution in [0.1, 0.15) is 18.4 Å². The van der Waals surface area contributed by atoms with Crippen LogP contribution < -0.4 is 5.73 Å². The van der Waals surface area contributed by atoms with Crippen LogP contribution in [0.15, 0.2) is 24.3 Å². The van der Waals surface area contributed by atoms with E-state index in [4.69, 9.17) is 17.3 Å². The van der Waals surface area contributed by atoms with E-state index in [1.165, 1.54) is 0 Å². The Hall–Kier alpha value is -0.570. The summed E-state index contributed by atoms with van der Waals surface area (Å²) in [5.74, 6) is 0. The summed E-state index contributed by atoms with van der Waals surface area (Å²) in [4.78, 5) is 0. The highest BCUT2D eigenvalue weighted by Crippen LogP contribution is 2.40. The lowest BCUT2D eigenvalue weighted by Crippen LogP contribution is -2.49. The van der Waals surface area contributed by atoms with Crippen molar-refractivity contribution in [1.82, 2.24) is 0 Å². The predicted octanol–water partition coefficient (Wildman–Crippen LogP) is 1.65. The molecule has 13 heavy (non-hydrogen) atoms. The lowest BCUT2D eigenvalue weighted by Gasteiger charge is -2.42. The molecule has 3 N–H and O–H groups in total. The van der Waals surface area contributed by atoms with Gasteiger partial charge in [0.2, 0.25) is 0 Å². The van der Waals surface area contributed by atoms with Crippen molar-refractivity contribution in [2.75, 3.05) is 0 Å². The molecule has 1 saturated carbocycles. The fourth-order valence-corrected chi connectivity index (χ4v) is 1.93.